The Morgan fingerprint density at radius 1 is 1.40 bits per heavy atom. The van der Waals surface area contributed by atoms with E-state index in [4.69, 9.17) is 10.2 Å². The Balaban J connectivity index is 2.97. The van der Waals surface area contributed by atoms with Crippen molar-refractivity contribution in [2.24, 2.45) is 0 Å². The molecule has 0 bridgehead atoms. The van der Waals surface area contributed by atoms with Gasteiger partial charge < -0.3 is 15.3 Å². The summed E-state index contributed by atoms with van der Waals surface area (Å²) in [6.45, 7) is 1.21. The maximum absolute atomic E-state index is 10.7. The molecule has 1 aromatic rings. The van der Waals surface area contributed by atoms with Crippen molar-refractivity contribution in [2.75, 3.05) is 6.61 Å². The first kappa shape index (κ1) is 11.7. The summed E-state index contributed by atoms with van der Waals surface area (Å²) in [5, 5.41) is 26.9. The largest absolute Gasteiger partial charge is 0.481 e. The maximum atomic E-state index is 10.7. The molecule has 2 atom stereocenters. The fourth-order valence-corrected chi connectivity index (χ4v) is 1.28. The maximum Gasteiger partial charge on any atom is 0.310 e. The van der Waals surface area contributed by atoms with Crippen LogP contribution in [0, 0.1) is 0 Å². The van der Waals surface area contributed by atoms with E-state index in [0.717, 1.165) is 0 Å². The standard InChI is InChI=1S/C11H14O4/c1-7(11(14)15)8-3-2-4-9(5-8)10(13)6-12/h2-5,7,10,12-13H,6H2,1H3,(H,14,15). The molecular formula is C11H14O4. The number of aliphatic hydroxyl groups excluding tert-OH is 2. The minimum Gasteiger partial charge on any atom is -0.481 e. The lowest BCUT2D eigenvalue weighted by molar-refractivity contribution is -0.138. The summed E-state index contributed by atoms with van der Waals surface area (Å²) in [6, 6.07) is 6.61. The van der Waals surface area contributed by atoms with Crippen molar-refractivity contribution in [3.63, 3.8) is 0 Å². The van der Waals surface area contributed by atoms with Crippen molar-refractivity contribution >= 4 is 5.97 Å². The highest BCUT2D eigenvalue weighted by molar-refractivity contribution is 5.75. The second-order valence-electron chi connectivity index (χ2n) is 3.43. The molecule has 0 aliphatic carbocycles. The average Bonchev–Trinajstić information content (AvgIpc) is 2.27. The topological polar surface area (TPSA) is 77.8 Å². The van der Waals surface area contributed by atoms with Crippen LogP contribution in [0.25, 0.3) is 0 Å². The van der Waals surface area contributed by atoms with Crippen molar-refractivity contribution in [1.82, 2.24) is 0 Å². The second kappa shape index (κ2) is 4.91. The summed E-state index contributed by atoms with van der Waals surface area (Å²) in [5.74, 6) is -1.53. The number of carboxylic acids is 1. The van der Waals surface area contributed by atoms with E-state index in [1.54, 1.807) is 31.2 Å². The van der Waals surface area contributed by atoms with E-state index in [0.29, 0.717) is 11.1 Å². The van der Waals surface area contributed by atoms with Gasteiger partial charge in [0.05, 0.1) is 12.5 Å². The van der Waals surface area contributed by atoms with Gasteiger partial charge in [-0.1, -0.05) is 24.3 Å². The summed E-state index contributed by atoms with van der Waals surface area (Å²) in [5.41, 5.74) is 1.15. The van der Waals surface area contributed by atoms with Crippen molar-refractivity contribution in [3.8, 4) is 0 Å². The fourth-order valence-electron chi connectivity index (χ4n) is 1.28. The first-order chi connectivity index (χ1) is 7.06. The van der Waals surface area contributed by atoms with Crippen molar-refractivity contribution in [3.05, 3.63) is 35.4 Å². The Bertz CT molecular complexity index is 348. The monoisotopic (exact) mass is 210 g/mol. The summed E-state index contributed by atoms with van der Waals surface area (Å²) < 4.78 is 0. The van der Waals surface area contributed by atoms with Crippen LogP contribution in [-0.4, -0.2) is 27.9 Å². The zero-order chi connectivity index (χ0) is 11.4. The van der Waals surface area contributed by atoms with Crippen LogP contribution in [0.3, 0.4) is 0 Å². The highest BCUT2D eigenvalue weighted by Crippen LogP contribution is 2.20. The van der Waals surface area contributed by atoms with Gasteiger partial charge in [0.25, 0.3) is 0 Å². The predicted molar refractivity (Wildman–Crippen MR) is 54.5 cm³/mol. The predicted octanol–water partition coefficient (Wildman–Crippen LogP) is 0.900. The molecule has 2 unspecified atom stereocenters. The first-order valence-electron chi connectivity index (χ1n) is 4.68. The Morgan fingerprint density at radius 3 is 2.53 bits per heavy atom. The molecule has 4 heteroatoms. The van der Waals surface area contributed by atoms with Gasteiger partial charge >= 0.3 is 5.97 Å². The highest BCUT2D eigenvalue weighted by atomic mass is 16.4. The van der Waals surface area contributed by atoms with Crippen LogP contribution in [-0.2, 0) is 4.79 Å². The van der Waals surface area contributed by atoms with Gasteiger partial charge in [0.2, 0.25) is 0 Å². The molecule has 0 spiro atoms. The van der Waals surface area contributed by atoms with E-state index in [9.17, 15) is 9.90 Å². The van der Waals surface area contributed by atoms with Crippen LogP contribution in [0.15, 0.2) is 24.3 Å². The molecule has 0 saturated carbocycles. The number of aliphatic hydroxyl groups is 2. The summed E-state index contributed by atoms with van der Waals surface area (Å²) >= 11 is 0. The van der Waals surface area contributed by atoms with Gasteiger partial charge in [0.1, 0.15) is 6.10 Å². The zero-order valence-electron chi connectivity index (χ0n) is 8.42. The van der Waals surface area contributed by atoms with Crippen LogP contribution in [0.2, 0.25) is 0 Å². The number of carboxylic acid groups (broad SMARTS) is 1. The summed E-state index contributed by atoms with van der Waals surface area (Å²) in [6.07, 6.45) is -0.953. The molecule has 0 heterocycles. The number of hydrogen-bond acceptors (Lipinski definition) is 3. The minimum atomic E-state index is -0.953. The minimum absolute atomic E-state index is 0.370. The fraction of sp³-hybridized carbons (Fsp3) is 0.364. The van der Waals surface area contributed by atoms with Gasteiger partial charge in [-0.15, -0.1) is 0 Å². The molecule has 0 aliphatic rings. The molecule has 1 rings (SSSR count). The number of benzene rings is 1. The van der Waals surface area contributed by atoms with Crippen molar-refractivity contribution in [2.45, 2.75) is 18.9 Å². The van der Waals surface area contributed by atoms with E-state index >= 15 is 0 Å². The third kappa shape index (κ3) is 2.78. The lowest BCUT2D eigenvalue weighted by atomic mass is 9.97. The van der Waals surface area contributed by atoms with Crippen LogP contribution in [0.5, 0.6) is 0 Å². The highest BCUT2D eigenvalue weighted by Gasteiger charge is 2.15. The molecule has 0 aromatic heterocycles. The lowest BCUT2D eigenvalue weighted by Gasteiger charge is -2.11. The quantitative estimate of drug-likeness (QED) is 0.690. The molecular weight excluding hydrogens is 196 g/mol. The van der Waals surface area contributed by atoms with Crippen molar-refractivity contribution < 1.29 is 20.1 Å². The number of carbonyl (C=O) groups is 1. The number of hydrogen-bond donors (Lipinski definition) is 3. The summed E-state index contributed by atoms with van der Waals surface area (Å²) in [4.78, 5) is 10.7. The van der Waals surface area contributed by atoms with Crippen LogP contribution >= 0.6 is 0 Å². The average molecular weight is 210 g/mol. The van der Waals surface area contributed by atoms with Crippen LogP contribution < -0.4 is 0 Å². The molecule has 0 radical (unpaired) electrons. The van der Waals surface area contributed by atoms with E-state index in [-0.39, 0.29) is 6.61 Å². The SMILES string of the molecule is CC(C(=O)O)c1cccc(C(O)CO)c1. The van der Waals surface area contributed by atoms with Gasteiger partial charge in [-0.3, -0.25) is 4.79 Å². The van der Waals surface area contributed by atoms with Gasteiger partial charge in [-0.2, -0.15) is 0 Å². The third-order valence-corrected chi connectivity index (χ3v) is 2.34. The molecule has 82 valence electrons. The normalized spacial score (nSPS) is 14.6. The lowest BCUT2D eigenvalue weighted by Crippen LogP contribution is -2.09. The van der Waals surface area contributed by atoms with Crippen molar-refractivity contribution in [1.29, 1.82) is 0 Å². The summed E-state index contributed by atoms with van der Waals surface area (Å²) in [7, 11) is 0. The zero-order valence-corrected chi connectivity index (χ0v) is 8.42. The third-order valence-electron chi connectivity index (χ3n) is 2.34. The van der Waals surface area contributed by atoms with E-state index < -0.39 is 18.0 Å². The molecule has 4 nitrogen and oxygen atoms in total. The Labute approximate surface area is 87.8 Å². The smallest absolute Gasteiger partial charge is 0.310 e. The molecule has 0 fully saturated rings. The van der Waals surface area contributed by atoms with E-state index in [1.807, 2.05) is 0 Å². The van der Waals surface area contributed by atoms with Crippen LogP contribution in [0.4, 0.5) is 0 Å². The Morgan fingerprint density at radius 2 is 2.00 bits per heavy atom. The van der Waals surface area contributed by atoms with E-state index in [2.05, 4.69) is 0 Å². The Kier molecular flexibility index (Phi) is 3.82. The number of aliphatic carboxylic acids is 1. The van der Waals surface area contributed by atoms with E-state index in [1.165, 1.54) is 0 Å². The molecule has 3 N–H and O–H groups in total. The van der Waals surface area contributed by atoms with Gasteiger partial charge in [0, 0.05) is 0 Å². The molecule has 15 heavy (non-hydrogen) atoms. The van der Waals surface area contributed by atoms with Gasteiger partial charge in [0.15, 0.2) is 0 Å². The van der Waals surface area contributed by atoms with Crippen LogP contribution in [0.1, 0.15) is 30.1 Å². The molecule has 0 saturated heterocycles. The second-order valence-corrected chi connectivity index (χ2v) is 3.43. The molecule has 0 aliphatic heterocycles. The van der Waals surface area contributed by atoms with Gasteiger partial charge in [-0.05, 0) is 18.1 Å². The van der Waals surface area contributed by atoms with Gasteiger partial charge in [-0.25, -0.2) is 0 Å². The molecule has 0 amide bonds. The number of rotatable bonds is 4. The molecule has 1 aromatic carbocycles. The first-order valence-corrected chi connectivity index (χ1v) is 4.68. The Hall–Kier alpha value is -1.39.